The molecule has 6 heteroatoms. The van der Waals surface area contributed by atoms with E-state index in [1.807, 2.05) is 24.3 Å². The van der Waals surface area contributed by atoms with Gasteiger partial charge in [-0.3, -0.25) is 4.79 Å². The third kappa shape index (κ3) is 3.80. The molecule has 1 aliphatic rings. The van der Waals surface area contributed by atoms with E-state index < -0.39 is 0 Å². The third-order valence-electron chi connectivity index (χ3n) is 4.73. The van der Waals surface area contributed by atoms with Crippen LogP contribution >= 0.6 is 11.6 Å². The molecule has 5 nitrogen and oxygen atoms in total. The van der Waals surface area contributed by atoms with Crippen LogP contribution in [-0.2, 0) is 6.42 Å². The van der Waals surface area contributed by atoms with Gasteiger partial charge in [-0.1, -0.05) is 29.8 Å². The van der Waals surface area contributed by atoms with Crippen LogP contribution in [0, 0.1) is 12.1 Å². The number of carbonyl (C=O) groups is 1. The molecule has 3 aromatic rings. The molecule has 0 fully saturated rings. The number of hydrogen-bond donors (Lipinski definition) is 1. The molecule has 1 atom stereocenters. The summed E-state index contributed by atoms with van der Waals surface area (Å²) in [5.74, 6) is 0.558. The van der Waals surface area contributed by atoms with E-state index in [0.717, 1.165) is 28.0 Å². The van der Waals surface area contributed by atoms with E-state index in [4.69, 9.17) is 16.3 Å². The monoisotopic (exact) mass is 394 g/mol. The maximum Gasteiger partial charge on any atom is 0.257 e. The quantitative estimate of drug-likeness (QED) is 0.542. The van der Waals surface area contributed by atoms with Gasteiger partial charge in [0.1, 0.15) is 17.4 Å². The van der Waals surface area contributed by atoms with Crippen molar-refractivity contribution in [1.82, 2.24) is 5.32 Å². The number of halogens is 1. The van der Waals surface area contributed by atoms with Crippen molar-refractivity contribution in [2.75, 3.05) is 6.54 Å². The van der Waals surface area contributed by atoms with Crippen LogP contribution in [0.2, 0.25) is 5.02 Å². The van der Waals surface area contributed by atoms with Crippen LogP contribution in [0.5, 0.6) is 5.75 Å². The topological polar surface area (TPSA) is 65.3 Å². The van der Waals surface area contributed by atoms with Gasteiger partial charge in [0.05, 0.1) is 6.54 Å². The molecule has 0 radical (unpaired) electrons. The highest BCUT2D eigenvalue weighted by Gasteiger charge is 2.27. The van der Waals surface area contributed by atoms with Crippen molar-refractivity contribution in [2.45, 2.75) is 19.4 Å². The first-order valence-corrected chi connectivity index (χ1v) is 9.40. The highest BCUT2D eigenvalue weighted by Crippen LogP contribution is 2.40. The van der Waals surface area contributed by atoms with Crippen molar-refractivity contribution in [1.29, 1.82) is 0 Å². The molecule has 1 aliphatic heterocycles. The number of fused-ring (bicyclic) bond motifs is 1. The first-order chi connectivity index (χ1) is 13.5. The summed E-state index contributed by atoms with van der Waals surface area (Å²) in [6.45, 7) is 2.42. The number of rotatable bonds is 4. The summed E-state index contributed by atoms with van der Waals surface area (Å²) in [7, 11) is 0. The number of pyridine rings is 1. The van der Waals surface area contributed by atoms with Gasteiger partial charge in [0.25, 0.3) is 5.91 Å². The summed E-state index contributed by atoms with van der Waals surface area (Å²) in [5.41, 5.74) is 4.67. The minimum absolute atomic E-state index is 0.158. The standard InChI is InChI=1S/C22H19ClN2O3/c1-14-9-17-11-19(12-24-22(26)16-3-2-8-25(27)13-16)28-21(17)20(10-14)15-4-6-18(23)7-5-15/h2-10,13,19H,11-12H2,1H3,(H,24,26)/t19-/m1/s1. The Balaban J connectivity index is 1.50. The number of hydrogen-bond acceptors (Lipinski definition) is 3. The fourth-order valence-corrected chi connectivity index (χ4v) is 3.57. The summed E-state index contributed by atoms with van der Waals surface area (Å²) in [6.07, 6.45) is 3.15. The number of aryl methyl sites for hydroxylation is 1. The molecular weight excluding hydrogens is 376 g/mol. The second kappa shape index (κ2) is 7.52. The number of carbonyl (C=O) groups excluding carboxylic acids is 1. The van der Waals surface area contributed by atoms with E-state index in [2.05, 4.69) is 24.4 Å². The normalized spacial score (nSPS) is 15.0. The van der Waals surface area contributed by atoms with Gasteiger partial charge in [-0.25, -0.2) is 0 Å². The molecule has 1 amide bonds. The minimum Gasteiger partial charge on any atom is -0.619 e. The van der Waals surface area contributed by atoms with Crippen molar-refractivity contribution >= 4 is 17.5 Å². The molecule has 0 spiro atoms. The summed E-state index contributed by atoms with van der Waals surface area (Å²) < 4.78 is 6.78. The Morgan fingerprint density at radius 2 is 2.07 bits per heavy atom. The molecule has 2 heterocycles. The molecule has 0 aliphatic carbocycles. The number of benzene rings is 2. The zero-order chi connectivity index (χ0) is 19.7. The lowest BCUT2D eigenvalue weighted by Gasteiger charge is -2.14. The van der Waals surface area contributed by atoms with E-state index >= 15 is 0 Å². The zero-order valence-corrected chi connectivity index (χ0v) is 16.1. The molecule has 2 aromatic carbocycles. The lowest BCUT2D eigenvalue weighted by Crippen LogP contribution is -2.36. The maximum atomic E-state index is 12.3. The van der Waals surface area contributed by atoms with Crippen molar-refractivity contribution in [2.24, 2.45) is 0 Å². The smallest absolute Gasteiger partial charge is 0.257 e. The van der Waals surface area contributed by atoms with Gasteiger partial charge in [-0.05, 0) is 47.9 Å². The summed E-state index contributed by atoms with van der Waals surface area (Å²) in [6, 6.07) is 15.0. The van der Waals surface area contributed by atoms with Gasteiger partial charge < -0.3 is 15.3 Å². The van der Waals surface area contributed by atoms with Crippen LogP contribution < -0.4 is 14.8 Å². The number of amides is 1. The summed E-state index contributed by atoms with van der Waals surface area (Å²) in [5, 5.41) is 14.9. The highest BCUT2D eigenvalue weighted by molar-refractivity contribution is 6.30. The first kappa shape index (κ1) is 18.3. The Morgan fingerprint density at radius 3 is 2.82 bits per heavy atom. The third-order valence-corrected chi connectivity index (χ3v) is 4.98. The maximum absolute atomic E-state index is 12.3. The number of aromatic nitrogens is 1. The van der Waals surface area contributed by atoms with Gasteiger partial charge in [-0.15, -0.1) is 0 Å². The van der Waals surface area contributed by atoms with E-state index in [1.54, 1.807) is 12.1 Å². The fraction of sp³-hybridized carbons (Fsp3) is 0.182. The van der Waals surface area contributed by atoms with Gasteiger partial charge in [0.15, 0.2) is 12.4 Å². The van der Waals surface area contributed by atoms with E-state index in [1.165, 1.54) is 12.4 Å². The Bertz CT molecular complexity index is 1030. The van der Waals surface area contributed by atoms with E-state index in [0.29, 0.717) is 28.3 Å². The largest absolute Gasteiger partial charge is 0.619 e. The van der Waals surface area contributed by atoms with Gasteiger partial charge in [-0.2, -0.15) is 4.73 Å². The average Bonchev–Trinajstić information content (AvgIpc) is 3.09. The predicted octanol–water partition coefficient (Wildman–Crippen LogP) is 3.68. The fourth-order valence-electron chi connectivity index (χ4n) is 3.45. The predicted molar refractivity (Wildman–Crippen MR) is 107 cm³/mol. The highest BCUT2D eigenvalue weighted by atomic mass is 35.5. The van der Waals surface area contributed by atoms with Crippen LogP contribution in [0.1, 0.15) is 21.5 Å². The van der Waals surface area contributed by atoms with Gasteiger partial charge >= 0.3 is 0 Å². The van der Waals surface area contributed by atoms with Gasteiger partial charge in [0.2, 0.25) is 0 Å². The Hall–Kier alpha value is -3.05. The Morgan fingerprint density at radius 1 is 1.29 bits per heavy atom. The van der Waals surface area contributed by atoms with Crippen LogP contribution in [0.25, 0.3) is 11.1 Å². The summed E-state index contributed by atoms with van der Waals surface area (Å²) >= 11 is 6.01. The molecule has 0 bridgehead atoms. The second-order valence-electron chi connectivity index (χ2n) is 6.91. The molecule has 142 valence electrons. The molecule has 1 aromatic heterocycles. The summed E-state index contributed by atoms with van der Waals surface area (Å²) in [4.78, 5) is 12.3. The second-order valence-corrected chi connectivity index (χ2v) is 7.35. The van der Waals surface area contributed by atoms with Crippen LogP contribution in [0.15, 0.2) is 60.9 Å². The number of nitrogens with zero attached hydrogens (tertiary/aromatic N) is 1. The van der Waals surface area contributed by atoms with Crippen molar-refractivity contribution in [3.63, 3.8) is 0 Å². The molecule has 0 saturated heterocycles. The van der Waals surface area contributed by atoms with E-state index in [-0.39, 0.29) is 12.0 Å². The van der Waals surface area contributed by atoms with Crippen molar-refractivity contribution in [3.8, 4) is 16.9 Å². The Kier molecular flexibility index (Phi) is 4.92. The van der Waals surface area contributed by atoms with Gasteiger partial charge in [0, 0.05) is 23.1 Å². The lowest BCUT2D eigenvalue weighted by atomic mass is 9.98. The SMILES string of the molecule is Cc1cc2c(c(-c3ccc(Cl)cc3)c1)O[C@@H](CNC(=O)c1ccc[n+]([O-])c1)C2. The molecular formula is C22H19ClN2O3. The average molecular weight is 395 g/mol. The molecule has 4 rings (SSSR count). The Labute approximate surface area is 168 Å². The zero-order valence-electron chi connectivity index (χ0n) is 15.3. The molecule has 1 N–H and O–H groups in total. The molecule has 0 saturated carbocycles. The number of nitrogens with one attached hydrogen (secondary N) is 1. The van der Waals surface area contributed by atoms with Crippen molar-refractivity contribution < 1.29 is 14.3 Å². The minimum atomic E-state index is -0.293. The molecule has 28 heavy (non-hydrogen) atoms. The van der Waals surface area contributed by atoms with Crippen LogP contribution in [0.3, 0.4) is 0 Å². The lowest BCUT2D eigenvalue weighted by molar-refractivity contribution is -0.605. The van der Waals surface area contributed by atoms with Crippen LogP contribution in [0.4, 0.5) is 0 Å². The van der Waals surface area contributed by atoms with Crippen molar-refractivity contribution in [3.05, 3.63) is 87.8 Å². The first-order valence-electron chi connectivity index (χ1n) is 9.03. The van der Waals surface area contributed by atoms with Crippen LogP contribution in [-0.4, -0.2) is 18.6 Å². The number of ether oxygens (including phenoxy) is 1. The molecule has 0 unspecified atom stereocenters. The van der Waals surface area contributed by atoms with E-state index in [9.17, 15) is 10.0 Å².